The van der Waals surface area contributed by atoms with E-state index in [0.717, 1.165) is 6.42 Å². The van der Waals surface area contributed by atoms with Gasteiger partial charge < -0.3 is 10.4 Å². The summed E-state index contributed by atoms with van der Waals surface area (Å²) in [5.74, 6) is 0.674. The first-order valence-corrected chi connectivity index (χ1v) is 8.66. The van der Waals surface area contributed by atoms with Crippen LogP contribution in [0.1, 0.15) is 50.4 Å². The van der Waals surface area contributed by atoms with Crippen LogP contribution in [0.3, 0.4) is 0 Å². The lowest BCUT2D eigenvalue weighted by Crippen LogP contribution is -2.91. The Kier molecular flexibility index (Phi) is 4.56. The van der Waals surface area contributed by atoms with Crippen LogP contribution in [0.15, 0.2) is 60.7 Å². The van der Waals surface area contributed by atoms with Crippen LogP contribution in [0.5, 0.6) is 0 Å². The molecule has 0 amide bonds. The fourth-order valence-corrected chi connectivity index (χ4v) is 4.46. The summed E-state index contributed by atoms with van der Waals surface area (Å²) in [5, 5.41) is 13.7. The molecule has 1 saturated heterocycles. The molecular weight excluding hydrogens is 282 g/mol. The third-order valence-electron chi connectivity index (χ3n) is 5.31. The quantitative estimate of drug-likeness (QED) is 0.895. The smallest absolute Gasteiger partial charge is 0.118 e. The van der Waals surface area contributed by atoms with Gasteiger partial charge in [-0.15, -0.1) is 0 Å². The van der Waals surface area contributed by atoms with Gasteiger partial charge in [0.1, 0.15) is 12.1 Å². The molecule has 23 heavy (non-hydrogen) atoms. The molecule has 0 unspecified atom stereocenters. The van der Waals surface area contributed by atoms with Crippen molar-refractivity contribution < 1.29 is 10.4 Å². The van der Waals surface area contributed by atoms with Gasteiger partial charge in [-0.1, -0.05) is 74.5 Å². The molecule has 0 saturated carbocycles. The molecule has 3 N–H and O–H groups in total. The van der Waals surface area contributed by atoms with E-state index in [1.165, 1.54) is 11.1 Å². The molecule has 2 heteroatoms. The van der Waals surface area contributed by atoms with E-state index >= 15 is 0 Å². The van der Waals surface area contributed by atoms with Crippen LogP contribution in [0.2, 0.25) is 0 Å². The van der Waals surface area contributed by atoms with Crippen LogP contribution in [0.25, 0.3) is 0 Å². The second kappa shape index (κ2) is 6.46. The molecule has 4 atom stereocenters. The molecule has 2 aromatic carbocycles. The van der Waals surface area contributed by atoms with Crippen molar-refractivity contribution in [1.82, 2.24) is 0 Å². The number of nitrogens with two attached hydrogens (primary N) is 1. The maximum absolute atomic E-state index is 11.2. The molecule has 2 nitrogen and oxygen atoms in total. The lowest BCUT2D eigenvalue weighted by atomic mass is 9.67. The SMILES string of the molecule is CC(C)[C@H]1[C@H](c2ccccc2)[NH2+][C@H](c2ccccc2)C[C@@]1(C)O. The minimum absolute atomic E-state index is 0.241. The van der Waals surface area contributed by atoms with Gasteiger partial charge in [0.25, 0.3) is 0 Å². The summed E-state index contributed by atoms with van der Waals surface area (Å²) in [5.41, 5.74) is 1.95. The van der Waals surface area contributed by atoms with Crippen molar-refractivity contribution in [2.75, 3.05) is 0 Å². The van der Waals surface area contributed by atoms with Crippen molar-refractivity contribution >= 4 is 0 Å². The van der Waals surface area contributed by atoms with Gasteiger partial charge in [-0.3, -0.25) is 0 Å². The topological polar surface area (TPSA) is 36.8 Å². The summed E-state index contributed by atoms with van der Waals surface area (Å²) in [6, 6.07) is 21.8. The maximum atomic E-state index is 11.2. The van der Waals surface area contributed by atoms with Crippen LogP contribution >= 0.6 is 0 Å². The zero-order valence-corrected chi connectivity index (χ0v) is 14.3. The monoisotopic (exact) mass is 310 g/mol. The van der Waals surface area contributed by atoms with E-state index in [-0.39, 0.29) is 12.0 Å². The average molecular weight is 310 g/mol. The Morgan fingerprint density at radius 3 is 2.00 bits per heavy atom. The molecule has 1 heterocycles. The van der Waals surface area contributed by atoms with Crippen LogP contribution in [-0.4, -0.2) is 10.7 Å². The fraction of sp³-hybridized carbons (Fsp3) is 0.429. The molecule has 2 aromatic rings. The van der Waals surface area contributed by atoms with Gasteiger partial charge >= 0.3 is 0 Å². The molecule has 0 aliphatic carbocycles. The van der Waals surface area contributed by atoms with E-state index in [1.54, 1.807) is 0 Å². The third-order valence-corrected chi connectivity index (χ3v) is 5.31. The molecule has 122 valence electrons. The van der Waals surface area contributed by atoms with Gasteiger partial charge in [0, 0.05) is 23.5 Å². The van der Waals surface area contributed by atoms with Gasteiger partial charge in [0.05, 0.1) is 5.60 Å². The third kappa shape index (κ3) is 3.34. The first-order valence-electron chi connectivity index (χ1n) is 8.66. The molecule has 3 rings (SSSR count). The number of hydrogen-bond acceptors (Lipinski definition) is 1. The highest BCUT2D eigenvalue weighted by atomic mass is 16.3. The normalized spacial score (nSPS) is 31.3. The number of piperidine rings is 1. The zero-order valence-electron chi connectivity index (χ0n) is 14.3. The Morgan fingerprint density at radius 1 is 0.957 bits per heavy atom. The minimum atomic E-state index is -0.663. The van der Waals surface area contributed by atoms with Crippen LogP contribution in [0.4, 0.5) is 0 Å². The minimum Gasteiger partial charge on any atom is -0.389 e. The highest BCUT2D eigenvalue weighted by Gasteiger charge is 2.49. The lowest BCUT2D eigenvalue weighted by molar-refractivity contribution is -0.758. The largest absolute Gasteiger partial charge is 0.389 e. The highest BCUT2D eigenvalue weighted by Crippen LogP contribution is 2.42. The highest BCUT2D eigenvalue weighted by molar-refractivity contribution is 5.22. The number of quaternary nitrogens is 1. The van der Waals surface area contributed by atoms with E-state index in [0.29, 0.717) is 12.0 Å². The Bertz CT molecular complexity index is 621. The van der Waals surface area contributed by atoms with Gasteiger partial charge in [-0.25, -0.2) is 0 Å². The number of benzene rings is 2. The van der Waals surface area contributed by atoms with E-state index in [4.69, 9.17) is 0 Å². The van der Waals surface area contributed by atoms with Crippen molar-refractivity contribution in [3.05, 3.63) is 71.8 Å². The van der Waals surface area contributed by atoms with Crippen LogP contribution < -0.4 is 5.32 Å². The maximum Gasteiger partial charge on any atom is 0.118 e. The number of rotatable bonds is 3. The molecule has 0 aromatic heterocycles. The Labute approximate surface area is 139 Å². The molecule has 1 fully saturated rings. The first kappa shape index (κ1) is 16.2. The van der Waals surface area contributed by atoms with Crippen molar-refractivity contribution in [2.24, 2.45) is 11.8 Å². The van der Waals surface area contributed by atoms with Gasteiger partial charge in [-0.2, -0.15) is 0 Å². The number of aliphatic hydroxyl groups is 1. The van der Waals surface area contributed by atoms with Crippen molar-refractivity contribution in [2.45, 2.75) is 44.9 Å². The van der Waals surface area contributed by atoms with Gasteiger partial charge in [0.15, 0.2) is 0 Å². The summed E-state index contributed by atoms with van der Waals surface area (Å²) in [7, 11) is 0. The summed E-state index contributed by atoms with van der Waals surface area (Å²) >= 11 is 0. The predicted octanol–water partition coefficient (Wildman–Crippen LogP) is 3.46. The molecule has 0 spiro atoms. The standard InChI is InChI=1S/C21H27NO/c1-15(2)19-20(17-12-8-5-9-13-17)22-18(14-21(19,3)23)16-10-6-4-7-11-16/h4-13,15,18-20,22-23H,14H2,1-3H3/p+1/t18-,19-,20-,21+/m0/s1. The lowest BCUT2D eigenvalue weighted by Gasteiger charge is -2.46. The van der Waals surface area contributed by atoms with Crippen molar-refractivity contribution in [3.8, 4) is 0 Å². The summed E-state index contributed by atoms with van der Waals surface area (Å²) in [4.78, 5) is 0. The van der Waals surface area contributed by atoms with Crippen molar-refractivity contribution in [3.63, 3.8) is 0 Å². The van der Waals surface area contributed by atoms with Crippen LogP contribution in [-0.2, 0) is 0 Å². The van der Waals surface area contributed by atoms with Crippen molar-refractivity contribution in [1.29, 1.82) is 0 Å². The predicted molar refractivity (Wildman–Crippen MR) is 93.9 cm³/mol. The Balaban J connectivity index is 1.99. The Hall–Kier alpha value is -1.64. The second-order valence-electron chi connectivity index (χ2n) is 7.48. The fourth-order valence-electron chi connectivity index (χ4n) is 4.46. The van der Waals surface area contributed by atoms with Gasteiger partial charge in [0.2, 0.25) is 0 Å². The number of hydrogen-bond donors (Lipinski definition) is 2. The summed E-state index contributed by atoms with van der Waals surface area (Å²) in [6.07, 6.45) is 0.795. The molecule has 1 aliphatic rings. The molecule has 0 radical (unpaired) electrons. The average Bonchev–Trinajstić information content (AvgIpc) is 2.54. The van der Waals surface area contributed by atoms with E-state index in [9.17, 15) is 5.11 Å². The van der Waals surface area contributed by atoms with E-state index in [1.807, 2.05) is 6.92 Å². The molecule has 1 aliphatic heterocycles. The first-order chi connectivity index (χ1) is 11.0. The summed E-state index contributed by atoms with van der Waals surface area (Å²) < 4.78 is 0. The van der Waals surface area contributed by atoms with E-state index in [2.05, 4.69) is 79.8 Å². The Morgan fingerprint density at radius 2 is 1.48 bits per heavy atom. The molecule has 0 bridgehead atoms. The zero-order chi connectivity index (χ0) is 16.4. The van der Waals surface area contributed by atoms with E-state index < -0.39 is 5.60 Å². The second-order valence-corrected chi connectivity index (χ2v) is 7.48. The molecular formula is C21H28NO+. The summed E-state index contributed by atoms with van der Waals surface area (Å²) in [6.45, 7) is 6.48. The van der Waals surface area contributed by atoms with Gasteiger partial charge in [-0.05, 0) is 12.8 Å². The van der Waals surface area contributed by atoms with Crippen LogP contribution in [0, 0.1) is 11.8 Å².